The van der Waals surface area contributed by atoms with E-state index in [1.165, 1.54) is 0 Å². The number of rotatable bonds is 9. The average Bonchev–Trinajstić information content (AvgIpc) is 2.99. The molecule has 0 radical (unpaired) electrons. The third-order valence-corrected chi connectivity index (χ3v) is 8.70. The van der Waals surface area contributed by atoms with Gasteiger partial charge in [-0.1, -0.05) is 0 Å². The van der Waals surface area contributed by atoms with Crippen LogP contribution in [0.2, 0.25) is 0 Å². The van der Waals surface area contributed by atoms with E-state index in [1.807, 2.05) is 0 Å². The van der Waals surface area contributed by atoms with Crippen LogP contribution in [0.4, 0.5) is 27.6 Å². The van der Waals surface area contributed by atoms with Crippen molar-refractivity contribution in [3.63, 3.8) is 0 Å². The summed E-state index contributed by atoms with van der Waals surface area (Å²) in [5, 5.41) is 50.4. The second-order valence-corrected chi connectivity index (χ2v) is 15.9. The standard InChI is InChI=1S/C32H54F3N5O14/c1-29(2,3)53-27(46)38-16-10-9-14(12-37-26(44)45)50-23(16)52-21-17(39-28(47)54-30(4,5)6)11-15(36)20(18(21)41)51-24-19(42)22(31(7,48)13-49-24)40(8)25(43)32(33,34)35/h14-24,37,41-42,48H,9-13,36H2,1-8H3,(H,38,46)(H,39,47)(H,44,45)/t14-,15+,16+,17-,18+,19+,20-,21+,22+,23+,24+,31-/m0/s1. The second kappa shape index (κ2) is 17.3. The molecule has 2 heterocycles. The van der Waals surface area contributed by atoms with Crippen LogP contribution in [0.1, 0.15) is 67.7 Å². The lowest BCUT2D eigenvalue weighted by atomic mass is 9.83. The van der Waals surface area contributed by atoms with Crippen molar-refractivity contribution < 1.29 is 81.2 Å². The highest BCUT2D eigenvalue weighted by Crippen LogP contribution is 2.35. The Morgan fingerprint density at radius 3 is 1.94 bits per heavy atom. The summed E-state index contributed by atoms with van der Waals surface area (Å²) in [7, 11) is 0.740. The number of nitrogens with zero attached hydrogens (tertiary/aromatic N) is 1. The SMILES string of the molecule is CN(C(=O)C(F)(F)F)[C@@H]1[C@@H](O)[C@@H](O[C@@H]2[C@@H](O)[C@H](O[C@H]3O[C@H](CNC(=O)O)CC[C@H]3NC(=O)OC(C)(C)C)[C@@H](NC(=O)OC(C)(C)C)C[C@H]2N)OC[C@]1(C)O. The number of nitrogens with two attached hydrogens (primary N) is 1. The lowest BCUT2D eigenvalue weighted by molar-refractivity contribution is -0.315. The van der Waals surface area contributed by atoms with Gasteiger partial charge in [0.25, 0.3) is 0 Å². The molecular formula is C32H54F3N5O14. The van der Waals surface area contributed by atoms with E-state index in [-0.39, 0.29) is 30.7 Å². The Kier molecular flexibility index (Phi) is 14.4. The lowest BCUT2D eigenvalue weighted by Gasteiger charge is -2.50. The van der Waals surface area contributed by atoms with Crippen LogP contribution in [-0.4, -0.2) is 160 Å². The number of carboxylic acid groups (broad SMARTS) is 1. The number of halogens is 3. The van der Waals surface area contributed by atoms with Crippen LogP contribution in [0, 0.1) is 0 Å². The van der Waals surface area contributed by atoms with Gasteiger partial charge in [0.15, 0.2) is 12.6 Å². The Balaban J connectivity index is 1.95. The average molecular weight is 790 g/mol. The van der Waals surface area contributed by atoms with Crippen LogP contribution in [0.3, 0.4) is 0 Å². The van der Waals surface area contributed by atoms with E-state index in [0.717, 1.165) is 14.0 Å². The maximum atomic E-state index is 13.3. The molecule has 12 atom stereocenters. The molecule has 19 nitrogen and oxygen atoms in total. The first-order valence-electron chi connectivity index (χ1n) is 17.3. The first-order valence-corrected chi connectivity index (χ1v) is 17.3. The van der Waals surface area contributed by atoms with Crippen LogP contribution < -0.4 is 21.7 Å². The van der Waals surface area contributed by atoms with Gasteiger partial charge in [-0.2, -0.15) is 13.2 Å². The van der Waals surface area contributed by atoms with Crippen molar-refractivity contribution in [3.8, 4) is 0 Å². The minimum Gasteiger partial charge on any atom is -0.465 e. The molecule has 0 aromatic rings. The second-order valence-electron chi connectivity index (χ2n) is 15.9. The van der Waals surface area contributed by atoms with Gasteiger partial charge in [-0.3, -0.25) is 4.79 Å². The molecule has 9 N–H and O–H groups in total. The molecule has 3 rings (SSSR count). The summed E-state index contributed by atoms with van der Waals surface area (Å²) in [6.45, 7) is 9.92. The van der Waals surface area contributed by atoms with Gasteiger partial charge in [-0.25, -0.2) is 14.4 Å². The fourth-order valence-corrected chi connectivity index (χ4v) is 6.48. The monoisotopic (exact) mass is 789 g/mol. The third kappa shape index (κ3) is 12.4. The van der Waals surface area contributed by atoms with Gasteiger partial charge in [0, 0.05) is 19.6 Å². The summed E-state index contributed by atoms with van der Waals surface area (Å²) in [5.41, 5.74) is 2.39. The Bertz CT molecular complexity index is 1330. The number of likely N-dealkylation sites (N-methyl/N-ethyl adjacent to an activating group) is 1. The zero-order valence-corrected chi connectivity index (χ0v) is 31.4. The van der Waals surface area contributed by atoms with Crippen LogP contribution in [-0.2, 0) is 33.2 Å². The maximum absolute atomic E-state index is 13.3. The highest BCUT2D eigenvalue weighted by molar-refractivity contribution is 5.82. The first-order chi connectivity index (χ1) is 24.6. The van der Waals surface area contributed by atoms with Crippen LogP contribution in [0.25, 0.3) is 0 Å². The van der Waals surface area contributed by atoms with Crippen LogP contribution in [0.5, 0.6) is 0 Å². The fraction of sp³-hybridized carbons (Fsp3) is 0.875. The molecular weight excluding hydrogens is 735 g/mol. The number of nitrogens with one attached hydrogen (secondary N) is 3. The smallest absolute Gasteiger partial charge is 0.465 e. The predicted octanol–water partition coefficient (Wildman–Crippen LogP) is 0.266. The molecule has 4 amide bonds. The van der Waals surface area contributed by atoms with Crippen LogP contribution in [0.15, 0.2) is 0 Å². The zero-order valence-electron chi connectivity index (χ0n) is 31.4. The number of hydrogen-bond donors (Lipinski definition) is 8. The van der Waals surface area contributed by atoms with Gasteiger partial charge in [0.05, 0.1) is 30.8 Å². The number of ether oxygens (including phenoxy) is 6. The molecule has 312 valence electrons. The molecule has 3 fully saturated rings. The van der Waals surface area contributed by atoms with E-state index in [9.17, 15) is 47.7 Å². The van der Waals surface area contributed by atoms with Crippen molar-refractivity contribution in [3.05, 3.63) is 0 Å². The minimum absolute atomic E-state index is 0.126. The Morgan fingerprint density at radius 2 is 1.43 bits per heavy atom. The molecule has 1 aliphatic carbocycles. The molecule has 2 saturated heterocycles. The molecule has 0 spiro atoms. The van der Waals surface area contributed by atoms with Crippen molar-refractivity contribution in [2.24, 2.45) is 5.73 Å². The van der Waals surface area contributed by atoms with E-state index >= 15 is 0 Å². The summed E-state index contributed by atoms with van der Waals surface area (Å²) in [5.74, 6) is -2.36. The number of hydrogen-bond acceptors (Lipinski definition) is 14. The molecule has 0 aromatic heterocycles. The lowest BCUT2D eigenvalue weighted by Crippen LogP contribution is -2.70. The summed E-state index contributed by atoms with van der Waals surface area (Å²) in [6.07, 6.45) is -19.2. The number of aliphatic hydroxyl groups is 3. The van der Waals surface area contributed by atoms with Crippen molar-refractivity contribution in [2.75, 3.05) is 20.2 Å². The number of aliphatic hydroxyl groups excluding tert-OH is 2. The molecule has 3 aliphatic rings. The Morgan fingerprint density at radius 1 is 0.889 bits per heavy atom. The Labute approximate surface area is 310 Å². The zero-order chi connectivity index (χ0) is 41.1. The molecule has 2 aliphatic heterocycles. The Hall–Kier alpha value is -3.25. The highest BCUT2D eigenvalue weighted by Gasteiger charge is 2.56. The van der Waals surface area contributed by atoms with E-state index in [1.54, 1.807) is 41.5 Å². The molecule has 22 heteroatoms. The topological polar surface area (TPSA) is 270 Å². The third-order valence-electron chi connectivity index (χ3n) is 8.70. The van der Waals surface area contributed by atoms with Crippen LogP contribution >= 0.6 is 0 Å². The highest BCUT2D eigenvalue weighted by atomic mass is 19.4. The minimum atomic E-state index is -5.35. The number of alkyl carbamates (subject to hydrolysis) is 2. The van der Waals surface area contributed by atoms with Gasteiger partial charge in [0.2, 0.25) is 0 Å². The van der Waals surface area contributed by atoms with Gasteiger partial charge in [0.1, 0.15) is 41.2 Å². The summed E-state index contributed by atoms with van der Waals surface area (Å²) in [6, 6.07) is -5.17. The molecule has 0 bridgehead atoms. The maximum Gasteiger partial charge on any atom is 0.471 e. The number of alkyl halides is 3. The molecule has 0 aromatic carbocycles. The number of amides is 4. The van der Waals surface area contributed by atoms with Crippen molar-refractivity contribution in [1.82, 2.24) is 20.9 Å². The van der Waals surface area contributed by atoms with Crippen molar-refractivity contribution in [2.45, 2.75) is 158 Å². The van der Waals surface area contributed by atoms with E-state index < -0.39 is 121 Å². The van der Waals surface area contributed by atoms with Gasteiger partial charge in [-0.15, -0.1) is 0 Å². The van der Waals surface area contributed by atoms with Gasteiger partial charge < -0.3 is 75.4 Å². The number of carbonyl (C=O) groups excluding carboxylic acids is 3. The molecule has 1 saturated carbocycles. The van der Waals surface area contributed by atoms with E-state index in [4.69, 9.17) is 39.3 Å². The first kappa shape index (κ1) is 45.1. The van der Waals surface area contributed by atoms with E-state index in [2.05, 4.69) is 16.0 Å². The fourth-order valence-electron chi connectivity index (χ4n) is 6.48. The molecule has 54 heavy (non-hydrogen) atoms. The number of carbonyl (C=O) groups is 4. The van der Waals surface area contributed by atoms with Gasteiger partial charge >= 0.3 is 30.4 Å². The van der Waals surface area contributed by atoms with E-state index in [0.29, 0.717) is 0 Å². The normalized spacial score (nSPS) is 35.0. The quantitative estimate of drug-likeness (QED) is 0.156. The van der Waals surface area contributed by atoms with Crippen molar-refractivity contribution in [1.29, 1.82) is 0 Å². The summed E-state index contributed by atoms with van der Waals surface area (Å²) in [4.78, 5) is 49.2. The molecule has 0 unspecified atom stereocenters. The largest absolute Gasteiger partial charge is 0.471 e. The van der Waals surface area contributed by atoms with Crippen molar-refractivity contribution >= 4 is 24.2 Å². The predicted molar refractivity (Wildman–Crippen MR) is 178 cm³/mol. The van der Waals surface area contributed by atoms with Gasteiger partial charge in [-0.05, 0) is 67.7 Å². The summed E-state index contributed by atoms with van der Waals surface area (Å²) < 4.78 is 74.5. The summed E-state index contributed by atoms with van der Waals surface area (Å²) >= 11 is 0.